The number of nitrogens with zero attached hydrogens (tertiary/aromatic N) is 1. The van der Waals surface area contributed by atoms with Gasteiger partial charge in [-0.3, -0.25) is 0 Å². The highest BCUT2D eigenvalue weighted by atomic mass is 32.2. The third-order valence-corrected chi connectivity index (χ3v) is 3.64. The maximum Gasteiger partial charge on any atom is 0.107 e. The van der Waals surface area contributed by atoms with Gasteiger partial charge in [-0.25, -0.2) is 0 Å². The van der Waals surface area contributed by atoms with Gasteiger partial charge in [-0.05, 0) is 24.3 Å². The van der Waals surface area contributed by atoms with Gasteiger partial charge in [0, 0.05) is 5.57 Å². The summed E-state index contributed by atoms with van der Waals surface area (Å²) in [7, 11) is 0. The number of nitriles is 1. The van der Waals surface area contributed by atoms with E-state index in [1.807, 2.05) is 36.6 Å². The van der Waals surface area contributed by atoms with Crippen LogP contribution in [0.1, 0.15) is 16.7 Å². The molecule has 94 valence electrons. The highest BCUT2D eigenvalue weighted by Crippen LogP contribution is 2.31. The Morgan fingerprint density at radius 1 is 0.947 bits per heavy atom. The van der Waals surface area contributed by atoms with Crippen molar-refractivity contribution in [2.75, 3.05) is 6.26 Å². The molecule has 0 N–H and O–H groups in total. The van der Waals surface area contributed by atoms with Gasteiger partial charge in [0.25, 0.3) is 0 Å². The van der Waals surface area contributed by atoms with Crippen molar-refractivity contribution < 1.29 is 0 Å². The molecule has 0 saturated carbocycles. The van der Waals surface area contributed by atoms with E-state index in [0.29, 0.717) is 0 Å². The van der Waals surface area contributed by atoms with Crippen LogP contribution in [0.25, 0.3) is 5.57 Å². The van der Waals surface area contributed by atoms with Crippen LogP contribution >= 0.6 is 11.8 Å². The molecule has 0 aliphatic heterocycles. The topological polar surface area (TPSA) is 23.8 Å². The fourth-order valence-electron chi connectivity index (χ4n) is 1.96. The van der Waals surface area contributed by atoms with Crippen molar-refractivity contribution in [3.8, 4) is 6.07 Å². The summed E-state index contributed by atoms with van der Waals surface area (Å²) in [6, 6.07) is 20.7. The Balaban J connectivity index is 2.63. The molecule has 0 unspecified atom stereocenters. The lowest BCUT2D eigenvalue weighted by Gasteiger charge is -2.10. The summed E-state index contributed by atoms with van der Waals surface area (Å²) >= 11 is 1.49. The lowest BCUT2D eigenvalue weighted by atomic mass is 9.97. The molecule has 2 rings (SSSR count). The molecule has 2 heteroatoms. The molecule has 0 radical (unpaired) electrons. The first kappa shape index (κ1) is 13.5. The zero-order valence-corrected chi connectivity index (χ0v) is 11.9. The minimum Gasteiger partial charge on any atom is -0.192 e. The Morgan fingerprint density at radius 3 is 2.05 bits per heavy atom. The van der Waals surface area contributed by atoms with Crippen molar-refractivity contribution in [1.29, 1.82) is 5.26 Å². The molecule has 0 spiro atoms. The van der Waals surface area contributed by atoms with Crippen molar-refractivity contribution in [3.63, 3.8) is 0 Å². The van der Waals surface area contributed by atoms with Gasteiger partial charge in [0.1, 0.15) is 6.07 Å². The van der Waals surface area contributed by atoms with Crippen LogP contribution in [0.3, 0.4) is 0 Å². The molecule has 2 aromatic carbocycles. The first-order valence-corrected chi connectivity index (χ1v) is 7.29. The predicted molar refractivity (Wildman–Crippen MR) is 82.8 cm³/mol. The van der Waals surface area contributed by atoms with Crippen molar-refractivity contribution in [2.24, 2.45) is 0 Å². The maximum absolute atomic E-state index is 9.34. The molecule has 0 bridgehead atoms. The molecule has 2 aromatic rings. The van der Waals surface area contributed by atoms with Gasteiger partial charge in [0.2, 0.25) is 0 Å². The lowest BCUT2D eigenvalue weighted by Crippen LogP contribution is -1.91. The van der Waals surface area contributed by atoms with Crippen LogP contribution in [-0.2, 0) is 0 Å². The van der Waals surface area contributed by atoms with Crippen LogP contribution in [0, 0.1) is 18.3 Å². The molecule has 0 saturated heterocycles. The third kappa shape index (κ3) is 3.07. The van der Waals surface area contributed by atoms with Gasteiger partial charge in [-0.2, -0.15) is 5.26 Å². The van der Waals surface area contributed by atoms with Crippen LogP contribution < -0.4 is 0 Å². The monoisotopic (exact) mass is 265 g/mol. The summed E-state index contributed by atoms with van der Waals surface area (Å²) in [4.78, 5) is 0.745. The predicted octanol–water partition coefficient (Wildman–Crippen LogP) is 4.64. The first-order chi connectivity index (χ1) is 9.26. The van der Waals surface area contributed by atoms with Gasteiger partial charge in [0.05, 0.1) is 4.91 Å². The van der Waals surface area contributed by atoms with Gasteiger partial charge in [0.15, 0.2) is 0 Å². The van der Waals surface area contributed by atoms with Crippen molar-refractivity contribution in [1.82, 2.24) is 0 Å². The van der Waals surface area contributed by atoms with E-state index >= 15 is 0 Å². The van der Waals surface area contributed by atoms with Gasteiger partial charge < -0.3 is 0 Å². The number of hydrogen-bond donors (Lipinski definition) is 0. The number of rotatable bonds is 3. The van der Waals surface area contributed by atoms with Crippen molar-refractivity contribution >= 4 is 17.3 Å². The molecule has 1 nitrogen and oxygen atoms in total. The number of allylic oxidation sites excluding steroid dienone is 1. The minimum atomic E-state index is 0.745. The molecule has 0 aromatic heterocycles. The largest absolute Gasteiger partial charge is 0.192 e. The Bertz CT molecular complexity index is 619. The molecule has 0 fully saturated rings. The lowest BCUT2D eigenvalue weighted by molar-refractivity contribution is 1.44. The highest BCUT2D eigenvalue weighted by molar-refractivity contribution is 8.02. The molecule has 0 heterocycles. The average Bonchev–Trinajstić information content (AvgIpc) is 2.47. The Hall–Kier alpha value is -1.98. The molecule has 0 aliphatic carbocycles. The summed E-state index contributed by atoms with van der Waals surface area (Å²) in [5, 5.41) is 9.34. The van der Waals surface area contributed by atoms with Crippen molar-refractivity contribution in [2.45, 2.75) is 6.92 Å². The molecule has 0 amide bonds. The van der Waals surface area contributed by atoms with E-state index in [4.69, 9.17) is 0 Å². The normalized spacial score (nSPS) is 11.6. The summed E-state index contributed by atoms with van der Waals surface area (Å²) in [6.07, 6.45) is 1.94. The number of aryl methyl sites for hydroxylation is 1. The molecule has 19 heavy (non-hydrogen) atoms. The van der Waals surface area contributed by atoms with E-state index in [1.54, 1.807) is 0 Å². The van der Waals surface area contributed by atoms with E-state index in [1.165, 1.54) is 17.3 Å². The van der Waals surface area contributed by atoms with Crippen LogP contribution in [0.4, 0.5) is 0 Å². The maximum atomic E-state index is 9.34. The minimum absolute atomic E-state index is 0.745. The van der Waals surface area contributed by atoms with E-state index in [2.05, 4.69) is 37.3 Å². The van der Waals surface area contributed by atoms with E-state index < -0.39 is 0 Å². The van der Waals surface area contributed by atoms with Gasteiger partial charge in [-0.1, -0.05) is 60.2 Å². The quantitative estimate of drug-likeness (QED) is 0.755. The number of hydrogen-bond acceptors (Lipinski definition) is 2. The molecular formula is C17H15NS. The zero-order valence-electron chi connectivity index (χ0n) is 11.1. The first-order valence-electron chi connectivity index (χ1n) is 6.07. The van der Waals surface area contributed by atoms with E-state index in [-0.39, 0.29) is 0 Å². The Kier molecular flexibility index (Phi) is 4.43. The second-order valence-electron chi connectivity index (χ2n) is 4.25. The second-order valence-corrected chi connectivity index (χ2v) is 5.07. The van der Waals surface area contributed by atoms with Crippen LogP contribution in [0.2, 0.25) is 0 Å². The summed E-state index contributed by atoms with van der Waals surface area (Å²) in [5.41, 5.74) is 4.40. The van der Waals surface area contributed by atoms with Crippen molar-refractivity contribution in [3.05, 3.63) is 76.2 Å². The SMILES string of the molecule is CS/C(C#N)=C(/c1ccccc1)c1ccc(C)cc1. The average molecular weight is 265 g/mol. The van der Waals surface area contributed by atoms with E-state index in [9.17, 15) is 5.26 Å². The highest BCUT2D eigenvalue weighted by Gasteiger charge is 2.10. The summed E-state index contributed by atoms with van der Waals surface area (Å²) < 4.78 is 0. The van der Waals surface area contributed by atoms with Crippen LogP contribution in [-0.4, -0.2) is 6.26 Å². The summed E-state index contributed by atoms with van der Waals surface area (Å²) in [5.74, 6) is 0. The van der Waals surface area contributed by atoms with Gasteiger partial charge in [-0.15, -0.1) is 11.8 Å². The Morgan fingerprint density at radius 2 is 1.53 bits per heavy atom. The zero-order chi connectivity index (χ0) is 13.7. The third-order valence-electron chi connectivity index (χ3n) is 2.94. The molecule has 0 aliphatic rings. The smallest absolute Gasteiger partial charge is 0.107 e. The molecular weight excluding hydrogens is 250 g/mol. The summed E-state index contributed by atoms with van der Waals surface area (Å²) in [6.45, 7) is 2.06. The van der Waals surface area contributed by atoms with E-state index in [0.717, 1.165) is 21.6 Å². The number of thioether (sulfide) groups is 1. The molecule has 0 atom stereocenters. The standard InChI is InChI=1S/C17H15NS/c1-13-8-10-15(11-9-13)17(16(12-18)19-2)14-6-4-3-5-7-14/h3-11H,1-2H3/b17-16-. The Labute approximate surface area is 118 Å². The van der Waals surface area contributed by atoms with Crippen LogP contribution in [0.15, 0.2) is 59.5 Å². The fraction of sp³-hybridized carbons (Fsp3) is 0.118. The van der Waals surface area contributed by atoms with Crippen LogP contribution in [0.5, 0.6) is 0 Å². The number of benzene rings is 2. The second kappa shape index (κ2) is 6.26. The fourth-order valence-corrected chi connectivity index (χ4v) is 2.49. The van der Waals surface area contributed by atoms with Gasteiger partial charge >= 0.3 is 0 Å².